The van der Waals surface area contributed by atoms with Crippen LogP contribution in [0.4, 0.5) is 5.82 Å². The van der Waals surface area contributed by atoms with Crippen LogP contribution in [0.3, 0.4) is 0 Å². The Balaban J connectivity index is 1.95. The molecule has 2 rings (SSSR count). The lowest BCUT2D eigenvalue weighted by Gasteiger charge is -1.99. The highest BCUT2D eigenvalue weighted by Crippen LogP contribution is 2.11. The molecular weight excluding hydrogens is 222 g/mol. The van der Waals surface area contributed by atoms with Gasteiger partial charge in [-0.1, -0.05) is 0 Å². The summed E-state index contributed by atoms with van der Waals surface area (Å²) < 4.78 is 11.5. The number of hydrogen-bond acceptors (Lipinski definition) is 5. The van der Waals surface area contributed by atoms with Gasteiger partial charge in [0.15, 0.2) is 0 Å². The number of methoxy groups -OCH3 is 1. The molecule has 0 atom stereocenters. The van der Waals surface area contributed by atoms with Crippen molar-refractivity contribution in [2.75, 3.05) is 12.4 Å². The van der Waals surface area contributed by atoms with Gasteiger partial charge in [-0.25, -0.2) is 4.79 Å². The van der Waals surface area contributed by atoms with Crippen molar-refractivity contribution >= 4 is 11.8 Å². The second-order valence-corrected chi connectivity index (χ2v) is 3.49. The van der Waals surface area contributed by atoms with E-state index in [1.807, 2.05) is 19.3 Å². The van der Waals surface area contributed by atoms with Crippen LogP contribution in [-0.2, 0) is 18.3 Å². The summed E-state index contributed by atoms with van der Waals surface area (Å²) in [7, 11) is 3.16. The highest BCUT2D eigenvalue weighted by atomic mass is 16.5. The zero-order valence-electron chi connectivity index (χ0n) is 9.64. The van der Waals surface area contributed by atoms with Gasteiger partial charge in [0.1, 0.15) is 11.6 Å². The Morgan fingerprint density at radius 2 is 2.35 bits per heavy atom. The number of hydrogen-bond donors (Lipinski definition) is 1. The first kappa shape index (κ1) is 11.3. The lowest BCUT2D eigenvalue weighted by atomic mass is 10.4. The molecule has 0 saturated carbocycles. The minimum Gasteiger partial charge on any atom is -0.463 e. The normalized spacial score (nSPS) is 10.2. The summed E-state index contributed by atoms with van der Waals surface area (Å²) in [4.78, 5) is 11.2. The van der Waals surface area contributed by atoms with Crippen LogP contribution in [0, 0.1) is 0 Å². The largest absolute Gasteiger partial charge is 0.463 e. The molecule has 17 heavy (non-hydrogen) atoms. The number of carbonyl (C=O) groups excluding carboxylic acids is 1. The second-order valence-electron chi connectivity index (χ2n) is 3.49. The van der Waals surface area contributed by atoms with Gasteiger partial charge in [0.25, 0.3) is 0 Å². The van der Waals surface area contributed by atoms with Crippen molar-refractivity contribution in [1.82, 2.24) is 9.78 Å². The average molecular weight is 235 g/mol. The second kappa shape index (κ2) is 4.73. The summed E-state index contributed by atoms with van der Waals surface area (Å²) in [5, 5.41) is 7.23. The van der Waals surface area contributed by atoms with E-state index in [2.05, 4.69) is 15.2 Å². The summed E-state index contributed by atoms with van der Waals surface area (Å²) >= 11 is 0. The average Bonchev–Trinajstić information content (AvgIpc) is 2.94. The standard InChI is InChI=1S/C11H13N3O3/c1-14-6-5-10(13-14)12-7-8-3-4-9(17-8)11(15)16-2/h3-6H,7H2,1-2H3,(H,12,13). The third-order valence-electron chi connectivity index (χ3n) is 2.21. The fourth-order valence-electron chi connectivity index (χ4n) is 1.37. The lowest BCUT2D eigenvalue weighted by molar-refractivity contribution is 0.0563. The van der Waals surface area contributed by atoms with E-state index in [9.17, 15) is 4.79 Å². The maximum atomic E-state index is 11.2. The summed E-state index contributed by atoms with van der Waals surface area (Å²) in [6.07, 6.45) is 1.84. The molecule has 90 valence electrons. The smallest absolute Gasteiger partial charge is 0.373 e. The van der Waals surface area contributed by atoms with Crippen molar-refractivity contribution in [2.24, 2.45) is 7.05 Å². The third kappa shape index (κ3) is 2.66. The Morgan fingerprint density at radius 3 is 3.00 bits per heavy atom. The Hall–Kier alpha value is -2.24. The first-order valence-electron chi connectivity index (χ1n) is 5.09. The van der Waals surface area contributed by atoms with Gasteiger partial charge in [0.2, 0.25) is 5.76 Å². The van der Waals surface area contributed by atoms with Gasteiger partial charge in [-0.05, 0) is 12.1 Å². The Morgan fingerprint density at radius 1 is 1.53 bits per heavy atom. The fourth-order valence-corrected chi connectivity index (χ4v) is 1.37. The van der Waals surface area contributed by atoms with Gasteiger partial charge in [-0.15, -0.1) is 0 Å². The molecular formula is C11H13N3O3. The number of ether oxygens (including phenoxy) is 1. The molecule has 0 unspecified atom stereocenters. The molecule has 0 aliphatic carbocycles. The zero-order valence-corrected chi connectivity index (χ0v) is 9.64. The molecule has 0 amide bonds. The number of esters is 1. The molecule has 0 aliphatic heterocycles. The Bertz CT molecular complexity index is 516. The van der Waals surface area contributed by atoms with Gasteiger partial charge < -0.3 is 14.5 Å². The topological polar surface area (TPSA) is 69.3 Å². The molecule has 1 N–H and O–H groups in total. The molecule has 0 fully saturated rings. The van der Waals surface area contributed by atoms with E-state index in [-0.39, 0.29) is 5.76 Å². The molecule has 0 aliphatic rings. The molecule has 2 aromatic heterocycles. The maximum Gasteiger partial charge on any atom is 0.373 e. The maximum absolute atomic E-state index is 11.2. The highest BCUT2D eigenvalue weighted by molar-refractivity contribution is 5.86. The van der Waals surface area contributed by atoms with Crippen LogP contribution in [0.1, 0.15) is 16.3 Å². The van der Waals surface area contributed by atoms with E-state index in [0.29, 0.717) is 12.3 Å². The molecule has 0 saturated heterocycles. The van der Waals surface area contributed by atoms with E-state index in [1.165, 1.54) is 7.11 Å². The van der Waals surface area contributed by atoms with E-state index >= 15 is 0 Å². The summed E-state index contributed by atoms with van der Waals surface area (Å²) in [5.41, 5.74) is 0. The van der Waals surface area contributed by atoms with Gasteiger partial charge in [-0.3, -0.25) is 4.68 Å². The molecule has 2 heterocycles. The number of nitrogens with zero attached hydrogens (tertiary/aromatic N) is 2. The predicted octanol–water partition coefficient (Wildman–Crippen LogP) is 1.41. The lowest BCUT2D eigenvalue weighted by Crippen LogP contribution is -2.01. The molecule has 0 bridgehead atoms. The summed E-state index contributed by atoms with van der Waals surface area (Å²) in [6, 6.07) is 5.16. The van der Waals surface area contributed by atoms with Crippen molar-refractivity contribution in [2.45, 2.75) is 6.54 Å². The van der Waals surface area contributed by atoms with Crippen LogP contribution in [-0.4, -0.2) is 22.9 Å². The molecule has 0 spiro atoms. The molecule has 0 radical (unpaired) electrons. The SMILES string of the molecule is COC(=O)c1ccc(CNc2ccn(C)n2)o1. The van der Waals surface area contributed by atoms with Crippen molar-refractivity contribution < 1.29 is 13.9 Å². The molecule has 6 heteroatoms. The number of furan rings is 1. The van der Waals surface area contributed by atoms with Crippen LogP contribution in [0.15, 0.2) is 28.8 Å². The summed E-state index contributed by atoms with van der Waals surface area (Å²) in [5.74, 6) is 1.12. The van der Waals surface area contributed by atoms with Crippen LogP contribution in [0.25, 0.3) is 0 Å². The highest BCUT2D eigenvalue weighted by Gasteiger charge is 2.10. The molecule has 2 aromatic rings. The van der Waals surface area contributed by atoms with Crippen LogP contribution in [0.2, 0.25) is 0 Å². The van der Waals surface area contributed by atoms with Gasteiger partial charge in [0, 0.05) is 19.3 Å². The number of nitrogens with one attached hydrogen (secondary N) is 1. The quantitative estimate of drug-likeness (QED) is 0.811. The zero-order chi connectivity index (χ0) is 12.3. The third-order valence-corrected chi connectivity index (χ3v) is 2.21. The van der Waals surface area contributed by atoms with E-state index in [1.54, 1.807) is 16.8 Å². The van der Waals surface area contributed by atoms with E-state index in [4.69, 9.17) is 4.42 Å². The molecule has 0 aromatic carbocycles. The van der Waals surface area contributed by atoms with Gasteiger partial charge in [-0.2, -0.15) is 5.10 Å². The minimum atomic E-state index is -0.478. The van der Waals surface area contributed by atoms with Crippen LogP contribution < -0.4 is 5.32 Å². The van der Waals surface area contributed by atoms with Crippen LogP contribution >= 0.6 is 0 Å². The summed E-state index contributed by atoms with van der Waals surface area (Å²) in [6.45, 7) is 0.466. The van der Waals surface area contributed by atoms with Crippen molar-refractivity contribution in [1.29, 1.82) is 0 Å². The first-order chi connectivity index (χ1) is 8.19. The van der Waals surface area contributed by atoms with Crippen molar-refractivity contribution in [3.63, 3.8) is 0 Å². The van der Waals surface area contributed by atoms with Gasteiger partial charge >= 0.3 is 5.97 Å². The Kier molecular flexibility index (Phi) is 3.13. The van der Waals surface area contributed by atoms with Crippen molar-refractivity contribution in [3.8, 4) is 0 Å². The molecule has 6 nitrogen and oxygen atoms in total. The van der Waals surface area contributed by atoms with E-state index in [0.717, 1.165) is 5.82 Å². The number of rotatable bonds is 4. The minimum absolute atomic E-state index is 0.199. The predicted molar refractivity (Wildman–Crippen MR) is 60.6 cm³/mol. The number of aromatic nitrogens is 2. The fraction of sp³-hybridized carbons (Fsp3) is 0.273. The Labute approximate surface area is 98.2 Å². The number of carbonyl (C=O) groups is 1. The number of anilines is 1. The first-order valence-corrected chi connectivity index (χ1v) is 5.09. The van der Waals surface area contributed by atoms with Gasteiger partial charge in [0.05, 0.1) is 13.7 Å². The van der Waals surface area contributed by atoms with Crippen LogP contribution in [0.5, 0.6) is 0 Å². The monoisotopic (exact) mass is 235 g/mol. The van der Waals surface area contributed by atoms with Crippen molar-refractivity contribution in [3.05, 3.63) is 35.9 Å². The number of aryl methyl sites for hydroxylation is 1. The van der Waals surface area contributed by atoms with E-state index < -0.39 is 5.97 Å².